The van der Waals surface area contributed by atoms with Crippen LogP contribution in [0.4, 0.5) is 4.79 Å². The van der Waals surface area contributed by atoms with Crippen molar-refractivity contribution in [1.29, 1.82) is 0 Å². The van der Waals surface area contributed by atoms with Crippen LogP contribution in [0.25, 0.3) is 0 Å². The van der Waals surface area contributed by atoms with Crippen LogP contribution >= 0.6 is 15.9 Å². The van der Waals surface area contributed by atoms with Gasteiger partial charge in [0.2, 0.25) is 0 Å². The summed E-state index contributed by atoms with van der Waals surface area (Å²) in [7, 11) is 1.25. The van der Waals surface area contributed by atoms with E-state index in [1.165, 1.54) is 7.11 Å². The summed E-state index contributed by atoms with van der Waals surface area (Å²) in [5.74, 6) is -0.0216. The Hall–Kier alpha value is -1.50. The highest BCUT2D eigenvalue weighted by Gasteiger charge is 2.26. The Bertz CT molecular complexity index is 477. The van der Waals surface area contributed by atoms with Crippen LogP contribution in [0.1, 0.15) is 26.5 Å². The number of halogens is 1. The van der Waals surface area contributed by atoms with Gasteiger partial charge in [0.25, 0.3) is 0 Å². The Labute approximate surface area is 125 Å². The summed E-state index contributed by atoms with van der Waals surface area (Å²) in [6.07, 6.45) is -0.504. The molecular weight excluding hydrogens is 330 g/mol. The van der Waals surface area contributed by atoms with Crippen molar-refractivity contribution >= 4 is 28.0 Å². The van der Waals surface area contributed by atoms with E-state index in [9.17, 15) is 9.59 Å². The molecule has 20 heavy (non-hydrogen) atoms. The maximum atomic E-state index is 11.7. The molecule has 0 aliphatic rings. The van der Waals surface area contributed by atoms with E-state index in [0.29, 0.717) is 10.4 Å². The first kappa shape index (κ1) is 16.6. The summed E-state index contributed by atoms with van der Waals surface area (Å²) in [5, 5.41) is 2.47. The lowest BCUT2D eigenvalue weighted by Gasteiger charge is -2.22. The zero-order valence-electron chi connectivity index (χ0n) is 11.9. The Kier molecular flexibility index (Phi) is 5.62. The average molecular weight is 348 g/mol. The van der Waals surface area contributed by atoms with Gasteiger partial charge in [0, 0.05) is 6.42 Å². The molecule has 0 spiro atoms. The number of alkyl carbamates (subject to hydrolysis) is 1. The van der Waals surface area contributed by atoms with Crippen LogP contribution in [-0.2, 0) is 20.7 Å². The molecule has 0 aromatic carbocycles. The normalized spacial score (nSPS) is 12.7. The zero-order valence-corrected chi connectivity index (χ0v) is 13.4. The van der Waals surface area contributed by atoms with Crippen molar-refractivity contribution in [3.63, 3.8) is 0 Å². The fourth-order valence-electron chi connectivity index (χ4n) is 1.45. The van der Waals surface area contributed by atoms with E-state index in [-0.39, 0.29) is 6.42 Å². The predicted octanol–water partition coefficient (Wildman–Crippen LogP) is 2.65. The second-order valence-electron chi connectivity index (χ2n) is 5.13. The van der Waals surface area contributed by atoms with Gasteiger partial charge in [0.15, 0.2) is 4.67 Å². The quantitative estimate of drug-likeness (QED) is 0.847. The van der Waals surface area contributed by atoms with Crippen LogP contribution in [0.15, 0.2) is 21.2 Å². The Morgan fingerprint density at radius 3 is 2.50 bits per heavy atom. The standard InChI is InChI=1S/C13H18BrNO5/c1-13(2,3)20-12(17)15-9(11(16)18-4)7-8-5-6-10(14)19-8/h5-6,9H,7H2,1-4H3,(H,15,17). The van der Waals surface area contributed by atoms with Crippen LogP contribution in [0, 0.1) is 0 Å². The fourth-order valence-corrected chi connectivity index (χ4v) is 1.79. The van der Waals surface area contributed by atoms with Crippen LogP contribution in [0.3, 0.4) is 0 Å². The molecule has 0 fully saturated rings. The third kappa shape index (κ3) is 5.64. The fraction of sp³-hybridized carbons (Fsp3) is 0.538. The topological polar surface area (TPSA) is 77.8 Å². The number of hydrogen-bond acceptors (Lipinski definition) is 5. The molecule has 0 aliphatic heterocycles. The number of furan rings is 1. The van der Waals surface area contributed by atoms with Crippen LogP contribution < -0.4 is 5.32 Å². The number of carbonyl (C=O) groups is 2. The van der Waals surface area contributed by atoms with Gasteiger partial charge in [-0.2, -0.15) is 0 Å². The second kappa shape index (κ2) is 6.78. The lowest BCUT2D eigenvalue weighted by atomic mass is 10.1. The summed E-state index contributed by atoms with van der Waals surface area (Å²) in [6, 6.07) is 2.54. The number of nitrogens with one attached hydrogen (secondary N) is 1. The molecular formula is C13H18BrNO5. The van der Waals surface area contributed by atoms with Crippen molar-refractivity contribution in [2.75, 3.05) is 7.11 Å². The average Bonchev–Trinajstić information content (AvgIpc) is 2.70. The number of hydrogen-bond donors (Lipinski definition) is 1. The summed E-state index contributed by atoms with van der Waals surface area (Å²) in [4.78, 5) is 23.4. The first-order valence-corrected chi connectivity index (χ1v) is 6.82. The first-order valence-electron chi connectivity index (χ1n) is 6.03. The molecule has 0 radical (unpaired) electrons. The molecule has 6 nitrogen and oxygen atoms in total. The summed E-state index contributed by atoms with van der Waals surface area (Å²) in [5.41, 5.74) is -0.640. The van der Waals surface area contributed by atoms with E-state index in [4.69, 9.17) is 9.15 Å². The van der Waals surface area contributed by atoms with Gasteiger partial charge in [-0.05, 0) is 48.8 Å². The van der Waals surface area contributed by atoms with Gasteiger partial charge in [0.1, 0.15) is 17.4 Å². The molecule has 1 aromatic rings. The van der Waals surface area contributed by atoms with Crippen molar-refractivity contribution in [2.24, 2.45) is 0 Å². The molecule has 0 aliphatic carbocycles. The van der Waals surface area contributed by atoms with Gasteiger partial charge >= 0.3 is 12.1 Å². The monoisotopic (exact) mass is 347 g/mol. The minimum atomic E-state index is -0.868. The van der Waals surface area contributed by atoms with E-state index in [0.717, 1.165) is 0 Å². The van der Waals surface area contributed by atoms with Crippen LogP contribution in [-0.4, -0.2) is 30.8 Å². The number of rotatable bonds is 4. The van der Waals surface area contributed by atoms with E-state index in [2.05, 4.69) is 26.0 Å². The van der Waals surface area contributed by atoms with Gasteiger partial charge in [0.05, 0.1) is 7.11 Å². The molecule has 1 aromatic heterocycles. The van der Waals surface area contributed by atoms with Gasteiger partial charge in [-0.15, -0.1) is 0 Å². The third-order valence-corrected chi connectivity index (χ3v) is 2.64. The highest BCUT2D eigenvalue weighted by Crippen LogP contribution is 2.16. The third-order valence-electron chi connectivity index (χ3n) is 2.21. The zero-order chi connectivity index (χ0) is 15.3. The highest BCUT2D eigenvalue weighted by molar-refractivity contribution is 9.10. The minimum absolute atomic E-state index is 0.178. The Balaban J connectivity index is 2.70. The van der Waals surface area contributed by atoms with Crippen molar-refractivity contribution in [3.05, 3.63) is 22.6 Å². The van der Waals surface area contributed by atoms with Gasteiger partial charge in [-0.3, -0.25) is 0 Å². The molecule has 1 atom stereocenters. The number of esters is 1. The Morgan fingerprint density at radius 2 is 2.05 bits per heavy atom. The van der Waals surface area contributed by atoms with Crippen LogP contribution in [0.2, 0.25) is 0 Å². The molecule has 0 bridgehead atoms. The van der Waals surface area contributed by atoms with Crippen molar-refractivity contribution in [2.45, 2.75) is 38.8 Å². The van der Waals surface area contributed by atoms with E-state index in [1.807, 2.05) is 0 Å². The van der Waals surface area contributed by atoms with Gasteiger partial charge in [-0.25, -0.2) is 9.59 Å². The maximum Gasteiger partial charge on any atom is 0.408 e. The molecule has 1 N–H and O–H groups in total. The van der Waals surface area contributed by atoms with Gasteiger partial charge < -0.3 is 19.2 Å². The van der Waals surface area contributed by atoms with E-state index in [1.54, 1.807) is 32.9 Å². The molecule has 1 rings (SSSR count). The van der Waals surface area contributed by atoms with Crippen molar-refractivity contribution in [3.8, 4) is 0 Å². The lowest BCUT2D eigenvalue weighted by Crippen LogP contribution is -2.45. The number of amides is 1. The number of carbonyl (C=O) groups excluding carboxylic acids is 2. The van der Waals surface area contributed by atoms with E-state index >= 15 is 0 Å². The molecule has 0 saturated heterocycles. The SMILES string of the molecule is COC(=O)C(Cc1ccc(Br)o1)NC(=O)OC(C)(C)C. The van der Waals surface area contributed by atoms with Gasteiger partial charge in [-0.1, -0.05) is 0 Å². The maximum absolute atomic E-state index is 11.7. The minimum Gasteiger partial charge on any atom is -0.467 e. The second-order valence-corrected chi connectivity index (χ2v) is 5.91. The number of ether oxygens (including phenoxy) is 2. The highest BCUT2D eigenvalue weighted by atomic mass is 79.9. The van der Waals surface area contributed by atoms with E-state index < -0.39 is 23.7 Å². The molecule has 0 saturated carbocycles. The predicted molar refractivity (Wildman–Crippen MR) is 75.3 cm³/mol. The lowest BCUT2D eigenvalue weighted by molar-refractivity contribution is -0.143. The molecule has 7 heteroatoms. The number of methoxy groups -OCH3 is 1. The van der Waals surface area contributed by atoms with Crippen molar-refractivity contribution in [1.82, 2.24) is 5.32 Å². The Morgan fingerprint density at radius 1 is 1.40 bits per heavy atom. The molecule has 1 amide bonds. The summed E-state index contributed by atoms with van der Waals surface area (Å²) < 4.78 is 15.6. The summed E-state index contributed by atoms with van der Waals surface area (Å²) in [6.45, 7) is 5.22. The molecule has 1 unspecified atom stereocenters. The summed E-state index contributed by atoms with van der Waals surface area (Å²) >= 11 is 3.17. The smallest absolute Gasteiger partial charge is 0.408 e. The first-order chi connectivity index (χ1) is 9.21. The van der Waals surface area contributed by atoms with Crippen LogP contribution in [0.5, 0.6) is 0 Å². The molecule has 1 heterocycles. The largest absolute Gasteiger partial charge is 0.467 e. The van der Waals surface area contributed by atoms with Crippen molar-refractivity contribution < 1.29 is 23.5 Å². The molecule has 112 valence electrons.